The number of aromatic amines is 1. The molecule has 0 aliphatic rings. The molecule has 0 amide bonds. The lowest BCUT2D eigenvalue weighted by atomic mass is 10.3. The molecular weight excluding hydrogens is 271 g/mol. The van der Waals surface area contributed by atoms with Gasteiger partial charge in [0.1, 0.15) is 10.7 Å². The standard InChI is InChI=1S/C12H11FN2O3S/c1-15(10-4-2-9(13)3-5-10)19(17,18)11-6-7-12(16)14-8-11/h2-8H,1H3,(H,14,16). The molecule has 100 valence electrons. The van der Waals surface area contributed by atoms with E-state index in [1.807, 2.05) is 0 Å². The van der Waals surface area contributed by atoms with Crippen molar-refractivity contribution < 1.29 is 12.8 Å². The maximum absolute atomic E-state index is 12.8. The Morgan fingerprint density at radius 3 is 2.26 bits per heavy atom. The minimum atomic E-state index is -3.78. The third-order valence-corrected chi connectivity index (χ3v) is 4.39. The Kier molecular flexibility index (Phi) is 3.39. The second kappa shape index (κ2) is 4.85. The van der Waals surface area contributed by atoms with Crippen LogP contribution in [0.1, 0.15) is 0 Å². The van der Waals surface area contributed by atoms with Crippen LogP contribution >= 0.6 is 0 Å². The summed E-state index contributed by atoms with van der Waals surface area (Å²) < 4.78 is 38.3. The molecule has 1 aromatic carbocycles. The molecule has 0 fully saturated rings. The Labute approximate surface area is 109 Å². The number of hydrogen-bond donors (Lipinski definition) is 1. The Hall–Kier alpha value is -2.15. The van der Waals surface area contributed by atoms with Crippen molar-refractivity contribution in [2.45, 2.75) is 4.90 Å². The van der Waals surface area contributed by atoms with Gasteiger partial charge in [-0.2, -0.15) is 0 Å². The molecule has 0 bridgehead atoms. The van der Waals surface area contributed by atoms with Crippen molar-refractivity contribution in [3.8, 4) is 0 Å². The van der Waals surface area contributed by atoms with Gasteiger partial charge in [0, 0.05) is 19.3 Å². The summed E-state index contributed by atoms with van der Waals surface area (Å²) in [6.07, 6.45) is 1.12. The van der Waals surface area contributed by atoms with Crippen molar-refractivity contribution in [3.05, 3.63) is 58.8 Å². The number of anilines is 1. The van der Waals surface area contributed by atoms with Crippen LogP contribution in [0.3, 0.4) is 0 Å². The van der Waals surface area contributed by atoms with Crippen molar-refractivity contribution >= 4 is 15.7 Å². The number of hydrogen-bond acceptors (Lipinski definition) is 3. The first-order chi connectivity index (χ1) is 8.91. The lowest BCUT2D eigenvalue weighted by molar-refractivity contribution is 0.593. The monoisotopic (exact) mass is 282 g/mol. The van der Waals surface area contributed by atoms with Crippen LogP contribution < -0.4 is 9.86 Å². The van der Waals surface area contributed by atoms with Crippen LogP contribution in [0, 0.1) is 5.82 Å². The number of halogens is 1. The second-order valence-corrected chi connectivity index (χ2v) is 5.81. The SMILES string of the molecule is CN(c1ccc(F)cc1)S(=O)(=O)c1ccc(=O)[nH]c1. The lowest BCUT2D eigenvalue weighted by Crippen LogP contribution is -2.27. The van der Waals surface area contributed by atoms with E-state index in [0.717, 1.165) is 16.6 Å². The largest absolute Gasteiger partial charge is 0.328 e. The molecule has 0 radical (unpaired) electrons. The number of aromatic nitrogens is 1. The molecule has 19 heavy (non-hydrogen) atoms. The van der Waals surface area contributed by atoms with Gasteiger partial charge in [-0.15, -0.1) is 0 Å². The van der Waals surface area contributed by atoms with Gasteiger partial charge >= 0.3 is 0 Å². The molecule has 1 heterocycles. The summed E-state index contributed by atoms with van der Waals surface area (Å²) in [7, 11) is -2.43. The van der Waals surface area contributed by atoms with E-state index < -0.39 is 15.8 Å². The average Bonchev–Trinajstić information content (AvgIpc) is 2.39. The number of sulfonamides is 1. The normalized spacial score (nSPS) is 11.3. The summed E-state index contributed by atoms with van der Waals surface area (Å²) in [4.78, 5) is 13.2. The number of nitrogens with zero attached hydrogens (tertiary/aromatic N) is 1. The van der Waals surface area contributed by atoms with Crippen molar-refractivity contribution in [1.29, 1.82) is 0 Å². The predicted molar refractivity (Wildman–Crippen MR) is 69.1 cm³/mol. The van der Waals surface area contributed by atoms with E-state index in [4.69, 9.17) is 0 Å². The number of rotatable bonds is 3. The summed E-state index contributed by atoms with van der Waals surface area (Å²) >= 11 is 0. The van der Waals surface area contributed by atoms with Gasteiger partial charge in [-0.3, -0.25) is 9.10 Å². The molecular formula is C12H11FN2O3S. The van der Waals surface area contributed by atoms with Crippen LogP contribution in [-0.4, -0.2) is 20.4 Å². The lowest BCUT2D eigenvalue weighted by Gasteiger charge is -2.19. The zero-order valence-electron chi connectivity index (χ0n) is 10.00. The van der Waals surface area contributed by atoms with Gasteiger partial charge in [0.05, 0.1) is 5.69 Å². The molecule has 1 N–H and O–H groups in total. The van der Waals surface area contributed by atoms with Crippen LogP contribution in [0.4, 0.5) is 10.1 Å². The van der Waals surface area contributed by atoms with Gasteiger partial charge in [-0.1, -0.05) is 0 Å². The summed E-state index contributed by atoms with van der Waals surface area (Å²) in [5.41, 5.74) is -0.0593. The molecule has 0 aliphatic heterocycles. The quantitative estimate of drug-likeness (QED) is 0.923. The molecule has 0 atom stereocenters. The highest BCUT2D eigenvalue weighted by atomic mass is 32.2. The molecule has 0 saturated heterocycles. The van der Waals surface area contributed by atoms with Crippen LogP contribution in [0.25, 0.3) is 0 Å². The zero-order valence-corrected chi connectivity index (χ0v) is 10.8. The first-order valence-electron chi connectivity index (χ1n) is 5.34. The van der Waals surface area contributed by atoms with Crippen LogP contribution in [0.2, 0.25) is 0 Å². The number of pyridine rings is 1. The smallest absolute Gasteiger partial charge is 0.265 e. The van der Waals surface area contributed by atoms with Gasteiger partial charge in [0.25, 0.3) is 10.0 Å². The first-order valence-corrected chi connectivity index (χ1v) is 6.78. The average molecular weight is 282 g/mol. The summed E-state index contributed by atoms with van der Waals surface area (Å²) in [6, 6.07) is 7.42. The van der Waals surface area contributed by atoms with Crippen molar-refractivity contribution in [2.75, 3.05) is 11.4 Å². The summed E-state index contributed by atoms with van der Waals surface area (Å²) in [5, 5.41) is 0. The minimum absolute atomic E-state index is 0.0427. The van der Waals surface area contributed by atoms with Crippen molar-refractivity contribution in [3.63, 3.8) is 0 Å². The van der Waals surface area contributed by atoms with Crippen LogP contribution in [0.15, 0.2) is 52.3 Å². The van der Waals surface area contributed by atoms with E-state index in [0.29, 0.717) is 5.69 Å². The Morgan fingerprint density at radius 1 is 1.11 bits per heavy atom. The van der Waals surface area contributed by atoms with E-state index >= 15 is 0 Å². The van der Waals surface area contributed by atoms with Gasteiger partial charge in [-0.05, 0) is 30.3 Å². The predicted octanol–water partition coefficient (Wildman–Crippen LogP) is 1.34. The van der Waals surface area contributed by atoms with Gasteiger partial charge in [0.15, 0.2) is 0 Å². The third kappa shape index (κ3) is 2.65. The maximum Gasteiger partial charge on any atom is 0.265 e. The Bertz CT molecular complexity index is 718. The molecule has 0 unspecified atom stereocenters. The molecule has 0 aliphatic carbocycles. The Morgan fingerprint density at radius 2 is 1.74 bits per heavy atom. The third-order valence-electron chi connectivity index (χ3n) is 2.60. The van der Waals surface area contributed by atoms with Gasteiger partial charge in [0.2, 0.25) is 5.56 Å². The zero-order chi connectivity index (χ0) is 14.0. The Balaban J connectivity index is 2.41. The highest BCUT2D eigenvalue weighted by molar-refractivity contribution is 7.92. The minimum Gasteiger partial charge on any atom is -0.328 e. The van der Waals surface area contributed by atoms with Crippen molar-refractivity contribution in [2.24, 2.45) is 0 Å². The summed E-state index contributed by atoms with van der Waals surface area (Å²) in [6.45, 7) is 0. The van der Waals surface area contributed by atoms with E-state index in [-0.39, 0.29) is 10.5 Å². The van der Waals surface area contributed by atoms with Crippen molar-refractivity contribution in [1.82, 2.24) is 4.98 Å². The topological polar surface area (TPSA) is 70.2 Å². The van der Waals surface area contributed by atoms with E-state index in [1.54, 1.807) is 0 Å². The van der Waals surface area contributed by atoms with E-state index in [2.05, 4.69) is 4.98 Å². The second-order valence-electron chi connectivity index (χ2n) is 3.84. The molecule has 0 spiro atoms. The van der Waals surface area contributed by atoms with E-state index in [1.165, 1.54) is 37.4 Å². The number of benzene rings is 1. The van der Waals surface area contributed by atoms with Crippen LogP contribution in [0.5, 0.6) is 0 Å². The molecule has 2 aromatic rings. The molecule has 2 rings (SSSR count). The fourth-order valence-corrected chi connectivity index (χ4v) is 2.67. The van der Waals surface area contributed by atoms with Crippen LogP contribution in [-0.2, 0) is 10.0 Å². The highest BCUT2D eigenvalue weighted by Crippen LogP contribution is 2.21. The molecule has 1 aromatic heterocycles. The van der Waals surface area contributed by atoms with E-state index in [9.17, 15) is 17.6 Å². The fourth-order valence-electron chi connectivity index (χ4n) is 1.50. The molecule has 7 heteroatoms. The van der Waals surface area contributed by atoms with Gasteiger partial charge < -0.3 is 4.98 Å². The number of H-pyrrole nitrogens is 1. The maximum atomic E-state index is 12.8. The molecule has 5 nitrogen and oxygen atoms in total. The first kappa shape index (κ1) is 13.3. The van der Waals surface area contributed by atoms with Gasteiger partial charge in [-0.25, -0.2) is 12.8 Å². The number of nitrogens with one attached hydrogen (secondary N) is 1. The fraction of sp³-hybridized carbons (Fsp3) is 0.0833. The highest BCUT2D eigenvalue weighted by Gasteiger charge is 2.21. The molecule has 0 saturated carbocycles. The summed E-state index contributed by atoms with van der Waals surface area (Å²) in [5.74, 6) is -0.446.